The minimum absolute atomic E-state index is 0.0699. The first-order valence-corrected chi connectivity index (χ1v) is 13.4. The number of anilines is 2. The van der Waals surface area contributed by atoms with Gasteiger partial charge in [0.1, 0.15) is 5.70 Å². The van der Waals surface area contributed by atoms with Gasteiger partial charge in [-0.05, 0) is 67.0 Å². The Morgan fingerprint density at radius 1 is 0.946 bits per heavy atom. The minimum Gasteiger partial charge on any atom is -0.386 e. The van der Waals surface area contributed by atoms with Crippen molar-refractivity contribution >= 4 is 28.9 Å². The number of nitrogens with zero attached hydrogens (tertiary/aromatic N) is 3. The summed E-state index contributed by atoms with van der Waals surface area (Å²) in [5.41, 5.74) is 6.20. The first-order valence-electron chi connectivity index (χ1n) is 13.1. The number of benzene rings is 2. The van der Waals surface area contributed by atoms with Crippen LogP contribution < -0.4 is 20.4 Å². The van der Waals surface area contributed by atoms with Crippen LogP contribution in [-0.4, -0.2) is 43.5 Å². The van der Waals surface area contributed by atoms with Crippen molar-refractivity contribution < 1.29 is 4.79 Å². The number of halogens is 1. The molecule has 37 heavy (non-hydrogen) atoms. The average Bonchev–Trinajstić information content (AvgIpc) is 2.93. The Hall–Kier alpha value is -3.64. The van der Waals surface area contributed by atoms with Gasteiger partial charge in [0.05, 0.1) is 0 Å². The molecule has 1 amide bonds. The second-order valence-corrected chi connectivity index (χ2v) is 9.83. The molecular weight excluding hydrogens is 482 g/mol. The van der Waals surface area contributed by atoms with E-state index in [0.29, 0.717) is 12.2 Å². The fraction of sp³-hybridized carbons (Fsp3) is 0.300. The molecule has 6 nitrogen and oxygen atoms in total. The molecule has 0 radical (unpaired) electrons. The number of amides is 1. The maximum Gasteiger partial charge on any atom is 0.270 e. The zero-order valence-electron chi connectivity index (χ0n) is 21.3. The van der Waals surface area contributed by atoms with E-state index in [-0.39, 0.29) is 5.91 Å². The van der Waals surface area contributed by atoms with E-state index in [4.69, 9.17) is 11.6 Å². The summed E-state index contributed by atoms with van der Waals surface area (Å²) in [6.07, 6.45) is 11.9. The molecule has 2 aromatic rings. The third kappa shape index (κ3) is 5.86. The van der Waals surface area contributed by atoms with Gasteiger partial charge in [-0.25, -0.2) is 0 Å². The Labute approximate surface area is 224 Å². The topological polar surface area (TPSA) is 50.9 Å². The van der Waals surface area contributed by atoms with E-state index in [2.05, 4.69) is 75.9 Å². The lowest BCUT2D eigenvalue weighted by Gasteiger charge is -2.37. The molecule has 1 saturated heterocycles. The number of nitrogens with one attached hydrogen (secondary N) is 2. The smallest absolute Gasteiger partial charge is 0.270 e. The molecule has 3 heterocycles. The lowest BCUT2D eigenvalue weighted by atomic mass is 10.1. The number of carbonyl (C=O) groups excluding carboxylic acids is 1. The van der Waals surface area contributed by atoms with Gasteiger partial charge in [-0.1, -0.05) is 42.8 Å². The van der Waals surface area contributed by atoms with Crippen molar-refractivity contribution in [1.29, 1.82) is 0 Å². The van der Waals surface area contributed by atoms with Gasteiger partial charge in [-0.15, -0.1) is 0 Å². The molecule has 7 heteroatoms. The summed E-state index contributed by atoms with van der Waals surface area (Å²) in [7, 11) is 0. The third-order valence-corrected chi connectivity index (χ3v) is 7.30. The number of hydrogen-bond donors (Lipinski definition) is 2. The molecule has 192 valence electrons. The van der Waals surface area contributed by atoms with Gasteiger partial charge in [0.15, 0.2) is 0 Å². The zero-order chi connectivity index (χ0) is 25.6. The van der Waals surface area contributed by atoms with Crippen molar-refractivity contribution in [2.24, 2.45) is 0 Å². The maximum atomic E-state index is 13.4. The molecule has 0 spiro atoms. The van der Waals surface area contributed by atoms with E-state index in [9.17, 15) is 4.79 Å². The Balaban J connectivity index is 1.19. The lowest BCUT2D eigenvalue weighted by Crippen LogP contribution is -2.46. The Morgan fingerprint density at radius 3 is 2.24 bits per heavy atom. The second-order valence-electron chi connectivity index (χ2n) is 9.40. The molecule has 1 fully saturated rings. The summed E-state index contributed by atoms with van der Waals surface area (Å²) in [6.45, 7) is 7.26. The maximum absolute atomic E-state index is 13.4. The van der Waals surface area contributed by atoms with E-state index >= 15 is 0 Å². The third-order valence-electron chi connectivity index (χ3n) is 7.05. The molecule has 0 aromatic heterocycles. The molecule has 3 aliphatic rings. The highest BCUT2D eigenvalue weighted by molar-refractivity contribution is 6.30. The zero-order valence-corrected chi connectivity index (χ0v) is 22.0. The normalized spacial score (nSPS) is 17.6. The Morgan fingerprint density at radius 2 is 1.59 bits per heavy atom. The number of fused-ring (bicyclic) bond motifs is 1. The predicted octanol–water partition coefficient (Wildman–Crippen LogP) is 5.17. The molecule has 3 aliphatic heterocycles. The molecule has 5 rings (SSSR count). The molecule has 0 aliphatic carbocycles. The fourth-order valence-corrected chi connectivity index (χ4v) is 5.13. The number of rotatable bonds is 6. The first kappa shape index (κ1) is 25.0. The molecular formula is C30H34ClN5O. The predicted molar refractivity (Wildman–Crippen MR) is 152 cm³/mol. The van der Waals surface area contributed by atoms with Crippen molar-refractivity contribution in [3.8, 4) is 0 Å². The van der Waals surface area contributed by atoms with Crippen LogP contribution in [0.4, 0.5) is 11.4 Å². The van der Waals surface area contributed by atoms with E-state index in [1.54, 1.807) is 0 Å². The van der Waals surface area contributed by atoms with Gasteiger partial charge in [-0.3, -0.25) is 4.79 Å². The van der Waals surface area contributed by atoms with Crippen LogP contribution in [0.25, 0.3) is 0 Å². The van der Waals surface area contributed by atoms with Crippen LogP contribution in [0.15, 0.2) is 96.1 Å². The molecule has 0 atom stereocenters. The first-order chi connectivity index (χ1) is 18.1. The van der Waals surface area contributed by atoms with Crippen LogP contribution in [0.1, 0.15) is 25.3 Å². The SMILES string of the molecule is CCC1=C(C(=O)NCc2ccc(N3CCN(c4ccc(Cl)cc4)CC3)cc2)N2C=CC=CC2=CCCN1. The van der Waals surface area contributed by atoms with Gasteiger partial charge in [0.2, 0.25) is 0 Å². The van der Waals surface area contributed by atoms with Crippen molar-refractivity contribution in [3.05, 3.63) is 107 Å². The van der Waals surface area contributed by atoms with Crippen molar-refractivity contribution in [3.63, 3.8) is 0 Å². The largest absolute Gasteiger partial charge is 0.386 e. The highest BCUT2D eigenvalue weighted by Crippen LogP contribution is 2.25. The Bertz CT molecular complexity index is 1220. The highest BCUT2D eigenvalue weighted by atomic mass is 35.5. The lowest BCUT2D eigenvalue weighted by molar-refractivity contribution is -0.118. The van der Waals surface area contributed by atoms with E-state index in [1.807, 2.05) is 35.4 Å². The Kier molecular flexibility index (Phi) is 7.85. The van der Waals surface area contributed by atoms with Crippen LogP contribution in [0.5, 0.6) is 0 Å². The van der Waals surface area contributed by atoms with Crippen LogP contribution in [0.2, 0.25) is 5.02 Å². The number of carbonyl (C=O) groups is 1. The van der Waals surface area contributed by atoms with Crippen LogP contribution >= 0.6 is 11.6 Å². The minimum atomic E-state index is -0.0699. The standard InChI is InChI=1S/C30H34ClN5O/c1-2-28-29(36-17-4-3-6-27(36)7-5-16-32-28)30(37)33-22-23-8-12-25(13-9-23)34-18-20-35(21-19-34)26-14-10-24(31)11-15-26/h3-4,6-15,17,32H,2,5,16,18-22H2,1H3,(H,33,37). The second kappa shape index (κ2) is 11.6. The molecule has 0 unspecified atom stereocenters. The summed E-state index contributed by atoms with van der Waals surface area (Å²) in [5.74, 6) is -0.0699. The average molecular weight is 516 g/mol. The molecule has 0 saturated carbocycles. The van der Waals surface area contributed by atoms with Gasteiger partial charge >= 0.3 is 0 Å². The van der Waals surface area contributed by atoms with Crippen LogP contribution in [-0.2, 0) is 11.3 Å². The number of hydrogen-bond acceptors (Lipinski definition) is 5. The van der Waals surface area contributed by atoms with Gasteiger partial charge in [0.25, 0.3) is 5.91 Å². The molecule has 2 N–H and O–H groups in total. The molecule has 2 aromatic carbocycles. The fourth-order valence-electron chi connectivity index (χ4n) is 5.00. The number of piperazine rings is 1. The van der Waals surface area contributed by atoms with Gasteiger partial charge in [-0.2, -0.15) is 0 Å². The summed E-state index contributed by atoms with van der Waals surface area (Å²) in [6, 6.07) is 16.6. The van der Waals surface area contributed by atoms with Crippen LogP contribution in [0, 0.1) is 0 Å². The van der Waals surface area contributed by atoms with E-state index < -0.39 is 0 Å². The van der Waals surface area contributed by atoms with Crippen LogP contribution in [0.3, 0.4) is 0 Å². The monoisotopic (exact) mass is 515 g/mol. The quantitative estimate of drug-likeness (QED) is 0.556. The van der Waals surface area contributed by atoms with E-state index in [1.165, 1.54) is 11.4 Å². The number of allylic oxidation sites excluding steroid dienone is 4. The van der Waals surface area contributed by atoms with Gasteiger partial charge < -0.3 is 25.3 Å². The highest BCUT2D eigenvalue weighted by Gasteiger charge is 2.24. The van der Waals surface area contributed by atoms with Crippen molar-refractivity contribution in [1.82, 2.24) is 15.5 Å². The van der Waals surface area contributed by atoms with Gasteiger partial charge in [0, 0.05) is 73.3 Å². The summed E-state index contributed by atoms with van der Waals surface area (Å²) >= 11 is 6.03. The summed E-state index contributed by atoms with van der Waals surface area (Å²) in [4.78, 5) is 20.2. The summed E-state index contributed by atoms with van der Waals surface area (Å²) < 4.78 is 0. The summed E-state index contributed by atoms with van der Waals surface area (Å²) in [5, 5.41) is 7.37. The van der Waals surface area contributed by atoms with E-state index in [0.717, 1.165) is 67.5 Å². The van der Waals surface area contributed by atoms with Crippen molar-refractivity contribution in [2.45, 2.75) is 26.3 Å². The van der Waals surface area contributed by atoms with Crippen molar-refractivity contribution in [2.75, 3.05) is 42.5 Å². The molecule has 0 bridgehead atoms.